The number of rotatable bonds is 5. The highest BCUT2D eigenvalue weighted by molar-refractivity contribution is 6.52. The smallest absolute Gasteiger partial charge is 0.296 e. The van der Waals surface area contributed by atoms with Crippen molar-refractivity contribution >= 4 is 17.4 Å². The van der Waals surface area contributed by atoms with Crippen molar-refractivity contribution in [3.63, 3.8) is 0 Å². The Morgan fingerprint density at radius 2 is 2.05 bits per heavy atom. The van der Waals surface area contributed by atoms with E-state index >= 15 is 0 Å². The molecule has 6 heteroatoms. The molecule has 6 nitrogen and oxygen atoms in total. The third-order valence-corrected chi connectivity index (χ3v) is 3.15. The molecule has 1 aliphatic heterocycles. The molecule has 4 N–H and O–H groups in total. The normalized spacial score (nSPS) is 17.0. The lowest BCUT2D eigenvalue weighted by Crippen LogP contribution is -2.24. The van der Waals surface area contributed by atoms with Gasteiger partial charge < -0.3 is 20.8 Å². The van der Waals surface area contributed by atoms with Gasteiger partial charge >= 0.3 is 0 Å². The van der Waals surface area contributed by atoms with Crippen molar-refractivity contribution in [2.24, 2.45) is 0 Å². The van der Waals surface area contributed by atoms with Crippen molar-refractivity contribution < 1.29 is 19.8 Å². The van der Waals surface area contributed by atoms with Gasteiger partial charge in [0.05, 0.1) is 17.4 Å². The quantitative estimate of drug-likeness (QED) is 0.553. The van der Waals surface area contributed by atoms with E-state index < -0.39 is 23.9 Å². The minimum absolute atomic E-state index is 0.156. The molecule has 0 aliphatic carbocycles. The monoisotopic (exact) mass is 264 g/mol. The van der Waals surface area contributed by atoms with E-state index in [4.69, 9.17) is 0 Å². The first kappa shape index (κ1) is 13.7. The average Bonchev–Trinajstić information content (AvgIpc) is 2.70. The van der Waals surface area contributed by atoms with Crippen LogP contribution in [0.3, 0.4) is 0 Å². The molecule has 2 atom stereocenters. The van der Waals surface area contributed by atoms with Gasteiger partial charge in [0.1, 0.15) is 6.10 Å². The van der Waals surface area contributed by atoms with E-state index in [0.717, 1.165) is 0 Å². The molecule has 1 aromatic carbocycles. The Hall–Kier alpha value is -1.76. The van der Waals surface area contributed by atoms with Gasteiger partial charge in [-0.1, -0.05) is 12.1 Å². The van der Waals surface area contributed by atoms with Crippen LogP contribution in [-0.4, -0.2) is 41.6 Å². The zero-order chi connectivity index (χ0) is 14.0. The van der Waals surface area contributed by atoms with E-state index in [1.165, 1.54) is 0 Å². The summed E-state index contributed by atoms with van der Waals surface area (Å²) in [6, 6.07) is 4.76. The summed E-state index contributed by atoms with van der Waals surface area (Å²) < 4.78 is 0. The van der Waals surface area contributed by atoms with Crippen LogP contribution in [0.15, 0.2) is 18.2 Å². The molecular weight excluding hydrogens is 248 g/mol. The van der Waals surface area contributed by atoms with E-state index in [1.807, 2.05) is 0 Å². The second-order valence-corrected chi connectivity index (χ2v) is 4.46. The van der Waals surface area contributed by atoms with E-state index in [0.29, 0.717) is 18.7 Å². The molecule has 1 aliphatic rings. The highest BCUT2D eigenvalue weighted by Gasteiger charge is 2.33. The second-order valence-electron chi connectivity index (χ2n) is 4.46. The lowest BCUT2D eigenvalue weighted by atomic mass is 9.95. The van der Waals surface area contributed by atoms with Crippen molar-refractivity contribution in [1.29, 1.82) is 0 Å². The van der Waals surface area contributed by atoms with Gasteiger partial charge in [-0.25, -0.2) is 0 Å². The predicted molar refractivity (Wildman–Crippen MR) is 68.9 cm³/mol. The fourth-order valence-corrected chi connectivity index (χ4v) is 2.12. The zero-order valence-corrected chi connectivity index (χ0v) is 10.5. The fourth-order valence-electron chi connectivity index (χ4n) is 2.12. The number of Topliss-reactive ketones (excluding diaryl/α,β-unsaturated/α-hetero) is 1. The number of hydrogen-bond donors (Lipinski definition) is 4. The van der Waals surface area contributed by atoms with Gasteiger partial charge in [-0.05, 0) is 31.6 Å². The minimum atomic E-state index is -1.19. The Morgan fingerprint density at radius 3 is 2.74 bits per heavy atom. The average molecular weight is 264 g/mol. The van der Waals surface area contributed by atoms with Gasteiger partial charge in [0, 0.05) is 0 Å². The van der Waals surface area contributed by atoms with Crippen LogP contribution in [0.2, 0.25) is 0 Å². The maximum Gasteiger partial charge on any atom is 0.296 e. The van der Waals surface area contributed by atoms with Crippen LogP contribution in [0.1, 0.15) is 28.4 Å². The number of ketones is 1. The number of anilines is 1. The van der Waals surface area contributed by atoms with E-state index in [1.54, 1.807) is 25.2 Å². The molecule has 0 aromatic heterocycles. The zero-order valence-electron chi connectivity index (χ0n) is 10.5. The summed E-state index contributed by atoms with van der Waals surface area (Å²) in [5.74, 6) is -1.38. The largest absolute Gasteiger partial charge is 0.390 e. The van der Waals surface area contributed by atoms with Gasteiger partial charge in [-0.15, -0.1) is 0 Å². The lowest BCUT2D eigenvalue weighted by molar-refractivity contribution is -0.112. The van der Waals surface area contributed by atoms with Crippen molar-refractivity contribution in [3.8, 4) is 0 Å². The molecule has 19 heavy (non-hydrogen) atoms. The van der Waals surface area contributed by atoms with Gasteiger partial charge in [-0.2, -0.15) is 0 Å². The van der Waals surface area contributed by atoms with Gasteiger partial charge in [0.15, 0.2) is 0 Å². The molecule has 0 bridgehead atoms. The van der Waals surface area contributed by atoms with Gasteiger partial charge in [-0.3, -0.25) is 9.59 Å². The molecule has 0 saturated carbocycles. The van der Waals surface area contributed by atoms with Crippen molar-refractivity contribution in [3.05, 3.63) is 29.3 Å². The molecule has 0 spiro atoms. The summed E-state index contributed by atoms with van der Waals surface area (Å²) in [5.41, 5.74) is 0.820. The summed E-state index contributed by atoms with van der Waals surface area (Å²) in [6.07, 6.45) is -1.85. The van der Waals surface area contributed by atoms with E-state index in [-0.39, 0.29) is 11.1 Å². The van der Waals surface area contributed by atoms with Crippen LogP contribution >= 0.6 is 0 Å². The van der Waals surface area contributed by atoms with Crippen LogP contribution in [-0.2, 0) is 4.79 Å². The van der Waals surface area contributed by atoms with Crippen molar-refractivity contribution in [1.82, 2.24) is 5.32 Å². The molecule has 0 saturated heterocycles. The first-order chi connectivity index (χ1) is 9.06. The molecule has 0 radical (unpaired) electrons. The number of aliphatic hydroxyl groups excluding tert-OH is 2. The SMILES string of the molecule is CNCCC(O)C(O)c1cccc2c1C(=O)C(=O)N2. The Bertz CT molecular complexity index is 515. The summed E-state index contributed by atoms with van der Waals surface area (Å²) >= 11 is 0. The number of carbonyl (C=O) groups is 2. The van der Waals surface area contributed by atoms with Crippen LogP contribution in [0.5, 0.6) is 0 Å². The summed E-state index contributed by atoms with van der Waals surface area (Å²) in [6.45, 7) is 0.540. The number of amides is 1. The van der Waals surface area contributed by atoms with E-state index in [9.17, 15) is 19.8 Å². The first-order valence-electron chi connectivity index (χ1n) is 6.05. The Kier molecular flexibility index (Phi) is 3.94. The fraction of sp³-hybridized carbons (Fsp3) is 0.385. The molecule has 1 amide bonds. The molecule has 102 valence electrons. The lowest BCUT2D eigenvalue weighted by Gasteiger charge is -2.19. The summed E-state index contributed by atoms with van der Waals surface area (Å²) in [7, 11) is 1.74. The van der Waals surface area contributed by atoms with Crippen LogP contribution in [0.25, 0.3) is 0 Å². The van der Waals surface area contributed by atoms with E-state index in [2.05, 4.69) is 10.6 Å². The van der Waals surface area contributed by atoms with Crippen LogP contribution in [0, 0.1) is 0 Å². The summed E-state index contributed by atoms with van der Waals surface area (Å²) in [5, 5.41) is 25.3. The number of aliphatic hydroxyl groups is 2. The third-order valence-electron chi connectivity index (χ3n) is 3.15. The Morgan fingerprint density at radius 1 is 1.32 bits per heavy atom. The van der Waals surface area contributed by atoms with Crippen molar-refractivity contribution in [2.75, 3.05) is 18.9 Å². The van der Waals surface area contributed by atoms with Gasteiger partial charge in [0.2, 0.25) is 0 Å². The third kappa shape index (κ3) is 2.51. The standard InChI is InChI=1S/C13H16N2O4/c1-14-6-5-9(16)11(17)7-3-2-4-8-10(7)12(18)13(19)15-8/h2-4,9,11,14,16-17H,5-6H2,1H3,(H,15,18,19). The Labute approximate surface area is 110 Å². The topological polar surface area (TPSA) is 98.7 Å². The summed E-state index contributed by atoms with van der Waals surface area (Å²) in [4.78, 5) is 23.1. The number of benzene rings is 1. The number of hydrogen-bond acceptors (Lipinski definition) is 5. The van der Waals surface area contributed by atoms with Crippen LogP contribution in [0.4, 0.5) is 5.69 Å². The molecule has 0 fully saturated rings. The van der Waals surface area contributed by atoms with Crippen molar-refractivity contribution in [2.45, 2.75) is 18.6 Å². The predicted octanol–water partition coefficient (Wildman–Crippen LogP) is -0.175. The molecule has 1 aromatic rings. The highest BCUT2D eigenvalue weighted by Crippen LogP contribution is 2.31. The minimum Gasteiger partial charge on any atom is -0.390 e. The number of carbonyl (C=O) groups excluding carboxylic acids is 2. The molecule has 2 unspecified atom stereocenters. The molecule has 1 heterocycles. The highest BCUT2D eigenvalue weighted by atomic mass is 16.3. The number of fused-ring (bicyclic) bond motifs is 1. The Balaban J connectivity index is 2.29. The molecule has 2 rings (SSSR count). The van der Waals surface area contributed by atoms with Gasteiger partial charge in [0.25, 0.3) is 11.7 Å². The molecular formula is C13H16N2O4. The van der Waals surface area contributed by atoms with Crippen LogP contribution < -0.4 is 10.6 Å². The first-order valence-corrected chi connectivity index (χ1v) is 6.05. The maximum absolute atomic E-state index is 11.7. The second kappa shape index (κ2) is 5.48. The maximum atomic E-state index is 11.7. The number of nitrogens with one attached hydrogen (secondary N) is 2.